The molecule has 2 aromatic heterocycles. The van der Waals surface area contributed by atoms with Crippen molar-refractivity contribution in [3.63, 3.8) is 0 Å². The van der Waals surface area contributed by atoms with Crippen molar-refractivity contribution in [2.24, 2.45) is 7.05 Å². The van der Waals surface area contributed by atoms with E-state index in [0.717, 1.165) is 18.9 Å². The largest absolute Gasteiger partial charge is 0.469 e. The van der Waals surface area contributed by atoms with Gasteiger partial charge in [-0.25, -0.2) is 4.98 Å². The molecule has 0 aliphatic carbocycles. The monoisotopic (exact) mass is 288 g/mol. The lowest BCUT2D eigenvalue weighted by Crippen LogP contribution is -2.49. The van der Waals surface area contributed by atoms with Gasteiger partial charge < -0.3 is 13.9 Å². The predicted molar refractivity (Wildman–Crippen MR) is 77.9 cm³/mol. The molecule has 0 aromatic carbocycles. The molecule has 0 saturated carbocycles. The first kappa shape index (κ1) is 13.9. The molecule has 0 N–H and O–H groups in total. The van der Waals surface area contributed by atoms with Crippen LogP contribution in [0.1, 0.15) is 28.0 Å². The minimum atomic E-state index is 0.0357. The SMILES string of the molecule is Cc1occc1C(=O)N1CCN(C)C(c2nccn2C)C1. The number of carbonyl (C=O) groups excluding carboxylic acids is 1. The summed E-state index contributed by atoms with van der Waals surface area (Å²) in [5, 5.41) is 0. The Morgan fingerprint density at radius 1 is 1.38 bits per heavy atom. The van der Waals surface area contributed by atoms with Gasteiger partial charge in [-0.2, -0.15) is 0 Å². The first-order valence-electron chi connectivity index (χ1n) is 7.08. The summed E-state index contributed by atoms with van der Waals surface area (Å²) in [6.45, 7) is 4.02. The fourth-order valence-electron chi connectivity index (χ4n) is 2.81. The second kappa shape index (κ2) is 5.37. The van der Waals surface area contributed by atoms with E-state index in [1.807, 2.05) is 29.6 Å². The summed E-state index contributed by atoms with van der Waals surface area (Å²) in [6.07, 6.45) is 5.29. The quantitative estimate of drug-likeness (QED) is 0.839. The van der Waals surface area contributed by atoms with E-state index in [1.54, 1.807) is 18.5 Å². The Hall–Kier alpha value is -2.08. The molecular formula is C15H20N4O2. The molecule has 1 saturated heterocycles. The number of nitrogens with zero attached hydrogens (tertiary/aromatic N) is 4. The van der Waals surface area contributed by atoms with Crippen molar-refractivity contribution in [2.45, 2.75) is 13.0 Å². The van der Waals surface area contributed by atoms with E-state index in [4.69, 9.17) is 4.42 Å². The fourth-order valence-corrected chi connectivity index (χ4v) is 2.81. The number of hydrogen-bond acceptors (Lipinski definition) is 4. The molecule has 112 valence electrons. The Bertz CT molecular complexity index is 646. The predicted octanol–water partition coefficient (Wildman–Crippen LogP) is 1.45. The van der Waals surface area contributed by atoms with E-state index in [0.29, 0.717) is 17.9 Å². The Balaban J connectivity index is 1.82. The lowest BCUT2D eigenvalue weighted by Gasteiger charge is -2.38. The van der Waals surface area contributed by atoms with Gasteiger partial charge in [-0.1, -0.05) is 0 Å². The summed E-state index contributed by atoms with van der Waals surface area (Å²) in [4.78, 5) is 21.2. The summed E-state index contributed by atoms with van der Waals surface area (Å²) in [5.74, 6) is 1.69. The van der Waals surface area contributed by atoms with Crippen LogP contribution in [0.5, 0.6) is 0 Å². The van der Waals surface area contributed by atoms with Gasteiger partial charge in [-0.15, -0.1) is 0 Å². The number of likely N-dealkylation sites (N-methyl/N-ethyl adjacent to an activating group) is 1. The molecule has 0 bridgehead atoms. The number of imidazole rings is 1. The van der Waals surface area contributed by atoms with Crippen LogP contribution in [0.2, 0.25) is 0 Å². The van der Waals surface area contributed by atoms with Gasteiger partial charge in [0.25, 0.3) is 5.91 Å². The highest BCUT2D eigenvalue weighted by molar-refractivity contribution is 5.95. The van der Waals surface area contributed by atoms with Gasteiger partial charge >= 0.3 is 0 Å². The highest BCUT2D eigenvalue weighted by Gasteiger charge is 2.31. The Morgan fingerprint density at radius 2 is 2.19 bits per heavy atom. The van der Waals surface area contributed by atoms with Crippen LogP contribution in [0.25, 0.3) is 0 Å². The number of aryl methyl sites for hydroxylation is 2. The standard InChI is InChI=1S/C15H20N4O2/c1-11-12(4-9-21-11)15(20)19-8-7-17(2)13(10-19)14-16-5-6-18(14)3/h4-6,9,13H,7-8,10H2,1-3H3. The molecule has 3 heterocycles. The molecule has 1 fully saturated rings. The van der Waals surface area contributed by atoms with Crippen molar-refractivity contribution in [3.05, 3.63) is 41.9 Å². The van der Waals surface area contributed by atoms with Gasteiger partial charge in [-0.05, 0) is 20.0 Å². The maximum absolute atomic E-state index is 12.6. The molecule has 1 aliphatic heterocycles. The van der Waals surface area contributed by atoms with E-state index in [1.165, 1.54) is 0 Å². The maximum atomic E-state index is 12.6. The lowest BCUT2D eigenvalue weighted by molar-refractivity contribution is 0.0527. The van der Waals surface area contributed by atoms with E-state index in [-0.39, 0.29) is 11.9 Å². The van der Waals surface area contributed by atoms with Crippen LogP contribution in [-0.2, 0) is 7.05 Å². The van der Waals surface area contributed by atoms with Crippen LogP contribution in [0.3, 0.4) is 0 Å². The molecule has 1 amide bonds. The topological polar surface area (TPSA) is 54.5 Å². The number of aromatic nitrogens is 2. The van der Waals surface area contributed by atoms with Crippen molar-refractivity contribution < 1.29 is 9.21 Å². The maximum Gasteiger partial charge on any atom is 0.257 e. The molecule has 6 nitrogen and oxygen atoms in total. The smallest absolute Gasteiger partial charge is 0.257 e. The molecule has 1 aliphatic rings. The number of carbonyl (C=O) groups is 1. The Morgan fingerprint density at radius 3 is 2.81 bits per heavy atom. The van der Waals surface area contributed by atoms with Crippen molar-refractivity contribution >= 4 is 5.91 Å². The first-order valence-corrected chi connectivity index (χ1v) is 7.08. The molecule has 3 rings (SSSR count). The second-order valence-electron chi connectivity index (χ2n) is 5.53. The van der Waals surface area contributed by atoms with E-state index in [9.17, 15) is 4.79 Å². The molecule has 0 radical (unpaired) electrons. The minimum absolute atomic E-state index is 0.0357. The van der Waals surface area contributed by atoms with Crippen LogP contribution in [-0.4, -0.2) is 51.9 Å². The normalized spacial score (nSPS) is 20.0. The molecular weight excluding hydrogens is 268 g/mol. The number of piperazine rings is 1. The summed E-state index contributed by atoms with van der Waals surface area (Å²) in [5.41, 5.74) is 0.651. The molecule has 6 heteroatoms. The Labute approximate surface area is 124 Å². The lowest BCUT2D eigenvalue weighted by atomic mass is 10.1. The minimum Gasteiger partial charge on any atom is -0.469 e. The van der Waals surface area contributed by atoms with Gasteiger partial charge in [0.1, 0.15) is 11.6 Å². The fraction of sp³-hybridized carbons (Fsp3) is 0.467. The summed E-state index contributed by atoms with van der Waals surface area (Å²) in [6, 6.07) is 1.86. The van der Waals surface area contributed by atoms with E-state index >= 15 is 0 Å². The van der Waals surface area contributed by atoms with Crippen LogP contribution in [0.15, 0.2) is 29.1 Å². The van der Waals surface area contributed by atoms with Crippen LogP contribution in [0, 0.1) is 6.92 Å². The third-order valence-electron chi connectivity index (χ3n) is 4.18. The van der Waals surface area contributed by atoms with E-state index < -0.39 is 0 Å². The highest BCUT2D eigenvalue weighted by atomic mass is 16.3. The van der Waals surface area contributed by atoms with E-state index in [2.05, 4.69) is 16.9 Å². The van der Waals surface area contributed by atoms with Crippen LogP contribution < -0.4 is 0 Å². The molecule has 1 atom stereocenters. The average Bonchev–Trinajstić information content (AvgIpc) is 3.07. The average molecular weight is 288 g/mol. The number of furan rings is 1. The zero-order chi connectivity index (χ0) is 15.0. The van der Waals surface area contributed by atoms with Crippen molar-refractivity contribution in [2.75, 3.05) is 26.7 Å². The summed E-state index contributed by atoms with van der Waals surface area (Å²) < 4.78 is 7.25. The Kier molecular flexibility index (Phi) is 3.55. The second-order valence-corrected chi connectivity index (χ2v) is 5.53. The third-order valence-corrected chi connectivity index (χ3v) is 4.18. The van der Waals surface area contributed by atoms with Gasteiger partial charge in [0, 0.05) is 39.1 Å². The van der Waals surface area contributed by atoms with Crippen LogP contribution >= 0.6 is 0 Å². The summed E-state index contributed by atoms with van der Waals surface area (Å²) >= 11 is 0. The zero-order valence-corrected chi connectivity index (χ0v) is 12.6. The highest BCUT2D eigenvalue weighted by Crippen LogP contribution is 2.24. The van der Waals surface area contributed by atoms with Crippen molar-refractivity contribution in [1.29, 1.82) is 0 Å². The molecule has 0 spiro atoms. The number of amides is 1. The van der Waals surface area contributed by atoms with Gasteiger partial charge in [0.05, 0.1) is 17.9 Å². The number of hydrogen-bond donors (Lipinski definition) is 0. The van der Waals surface area contributed by atoms with Crippen LogP contribution in [0.4, 0.5) is 0 Å². The van der Waals surface area contributed by atoms with Crippen molar-refractivity contribution in [3.8, 4) is 0 Å². The molecule has 2 aromatic rings. The number of rotatable bonds is 2. The first-order chi connectivity index (χ1) is 10.1. The van der Waals surface area contributed by atoms with Gasteiger partial charge in [-0.3, -0.25) is 9.69 Å². The van der Waals surface area contributed by atoms with Gasteiger partial charge in [0.15, 0.2) is 0 Å². The summed E-state index contributed by atoms with van der Waals surface area (Å²) in [7, 11) is 4.06. The van der Waals surface area contributed by atoms with Crippen molar-refractivity contribution in [1.82, 2.24) is 19.4 Å². The third kappa shape index (κ3) is 2.47. The zero-order valence-electron chi connectivity index (χ0n) is 12.6. The molecule has 1 unspecified atom stereocenters. The van der Waals surface area contributed by atoms with Gasteiger partial charge in [0.2, 0.25) is 0 Å². The molecule has 21 heavy (non-hydrogen) atoms.